The van der Waals surface area contributed by atoms with Crippen LogP contribution >= 0.6 is 15.9 Å². The number of hydrogen-bond donors (Lipinski definition) is 1. The molecule has 6 heteroatoms. The molecule has 21 heavy (non-hydrogen) atoms. The molecule has 1 heterocycles. The van der Waals surface area contributed by atoms with E-state index >= 15 is 0 Å². The van der Waals surface area contributed by atoms with Gasteiger partial charge in [0, 0.05) is 17.1 Å². The second-order valence-corrected chi connectivity index (χ2v) is 6.46. The SMILES string of the molecule is CN(Cc1ccc(Br)cc1C(F)(F)F)C1CCCNCC1. The van der Waals surface area contributed by atoms with Crippen molar-refractivity contribution in [1.82, 2.24) is 10.2 Å². The Morgan fingerprint density at radius 1 is 1.29 bits per heavy atom. The Bertz CT molecular complexity index is 468. The molecule has 2 rings (SSSR count). The molecule has 118 valence electrons. The van der Waals surface area contributed by atoms with E-state index in [1.165, 1.54) is 0 Å². The highest BCUT2D eigenvalue weighted by Crippen LogP contribution is 2.34. The standard InChI is InChI=1S/C15H20BrF3N2/c1-21(13-3-2-7-20-8-6-13)10-11-4-5-12(16)9-14(11)15(17,18)19/h4-5,9,13,20H,2-3,6-8,10H2,1H3. The number of nitrogens with zero attached hydrogens (tertiary/aromatic N) is 1. The molecule has 0 aromatic heterocycles. The van der Waals surface area contributed by atoms with Gasteiger partial charge in [-0.25, -0.2) is 0 Å². The molecule has 0 radical (unpaired) electrons. The quantitative estimate of drug-likeness (QED) is 0.870. The summed E-state index contributed by atoms with van der Waals surface area (Å²) in [6, 6.07) is 4.74. The average Bonchev–Trinajstić information content (AvgIpc) is 2.68. The lowest BCUT2D eigenvalue weighted by Crippen LogP contribution is -2.32. The molecule has 0 bridgehead atoms. The molecule has 1 aliphatic rings. The number of benzene rings is 1. The zero-order valence-corrected chi connectivity index (χ0v) is 13.6. The smallest absolute Gasteiger partial charge is 0.317 e. The Hall–Kier alpha value is -0.590. The van der Waals surface area contributed by atoms with E-state index in [9.17, 15) is 13.2 Å². The number of halogens is 4. The topological polar surface area (TPSA) is 15.3 Å². The minimum absolute atomic E-state index is 0.326. The van der Waals surface area contributed by atoms with Gasteiger partial charge in [0.05, 0.1) is 5.56 Å². The Kier molecular flexibility index (Phi) is 5.68. The van der Waals surface area contributed by atoms with Crippen LogP contribution in [0.1, 0.15) is 30.4 Å². The zero-order chi connectivity index (χ0) is 15.5. The van der Waals surface area contributed by atoms with Gasteiger partial charge in [-0.15, -0.1) is 0 Å². The lowest BCUT2D eigenvalue weighted by molar-refractivity contribution is -0.138. The van der Waals surface area contributed by atoms with Gasteiger partial charge < -0.3 is 5.32 Å². The number of hydrogen-bond acceptors (Lipinski definition) is 2. The molecule has 0 aliphatic carbocycles. The third kappa shape index (κ3) is 4.69. The Balaban J connectivity index is 2.14. The van der Waals surface area contributed by atoms with Crippen LogP contribution in [0.15, 0.2) is 22.7 Å². The van der Waals surface area contributed by atoms with E-state index in [0.717, 1.165) is 38.4 Å². The molecule has 0 amide bonds. The monoisotopic (exact) mass is 364 g/mol. The highest BCUT2D eigenvalue weighted by Gasteiger charge is 2.34. The van der Waals surface area contributed by atoms with Crippen LogP contribution in [0.25, 0.3) is 0 Å². The molecular weight excluding hydrogens is 345 g/mol. The van der Waals surface area contributed by atoms with Crippen LogP contribution in [-0.2, 0) is 12.7 Å². The second-order valence-electron chi connectivity index (χ2n) is 5.55. The Labute approximate surface area is 131 Å². The largest absolute Gasteiger partial charge is 0.416 e. The maximum Gasteiger partial charge on any atom is 0.416 e. The van der Waals surface area contributed by atoms with Crippen molar-refractivity contribution < 1.29 is 13.2 Å². The summed E-state index contributed by atoms with van der Waals surface area (Å²) in [5.74, 6) is 0. The van der Waals surface area contributed by atoms with Gasteiger partial charge in [-0.2, -0.15) is 13.2 Å². The van der Waals surface area contributed by atoms with Gasteiger partial charge in [0.25, 0.3) is 0 Å². The third-order valence-electron chi connectivity index (χ3n) is 3.97. The van der Waals surface area contributed by atoms with Crippen molar-refractivity contribution in [2.24, 2.45) is 0 Å². The average molecular weight is 365 g/mol. The molecule has 2 nitrogen and oxygen atoms in total. The fourth-order valence-electron chi connectivity index (χ4n) is 2.79. The normalized spacial score (nSPS) is 20.6. The molecule has 1 aliphatic heterocycles. The van der Waals surface area contributed by atoms with Crippen molar-refractivity contribution in [1.29, 1.82) is 0 Å². The predicted octanol–water partition coefficient (Wildman–Crippen LogP) is 4.04. The Morgan fingerprint density at radius 2 is 2.05 bits per heavy atom. The van der Waals surface area contributed by atoms with E-state index in [1.807, 2.05) is 11.9 Å². The Morgan fingerprint density at radius 3 is 2.76 bits per heavy atom. The molecule has 0 saturated carbocycles. The van der Waals surface area contributed by atoms with Gasteiger partial charge in [0.15, 0.2) is 0 Å². The summed E-state index contributed by atoms with van der Waals surface area (Å²) in [5, 5.41) is 3.33. The lowest BCUT2D eigenvalue weighted by Gasteiger charge is -2.28. The van der Waals surface area contributed by atoms with Crippen molar-refractivity contribution in [2.75, 3.05) is 20.1 Å². The van der Waals surface area contributed by atoms with Crippen molar-refractivity contribution >= 4 is 15.9 Å². The van der Waals surface area contributed by atoms with Crippen LogP contribution in [0.3, 0.4) is 0 Å². The van der Waals surface area contributed by atoms with Crippen LogP contribution in [0.2, 0.25) is 0 Å². The summed E-state index contributed by atoms with van der Waals surface area (Å²) in [5.41, 5.74) is -0.208. The fourth-order valence-corrected chi connectivity index (χ4v) is 3.15. The predicted molar refractivity (Wildman–Crippen MR) is 81.1 cm³/mol. The van der Waals surface area contributed by atoms with E-state index in [0.29, 0.717) is 22.6 Å². The number of alkyl halides is 3. The van der Waals surface area contributed by atoms with Crippen molar-refractivity contribution in [3.05, 3.63) is 33.8 Å². The molecule has 1 N–H and O–H groups in total. The molecular formula is C15H20BrF3N2. The maximum atomic E-state index is 13.1. The van der Waals surface area contributed by atoms with E-state index in [1.54, 1.807) is 12.1 Å². The minimum Gasteiger partial charge on any atom is -0.317 e. The van der Waals surface area contributed by atoms with E-state index in [2.05, 4.69) is 21.2 Å². The van der Waals surface area contributed by atoms with Gasteiger partial charge in [-0.1, -0.05) is 22.0 Å². The van der Waals surface area contributed by atoms with Crippen molar-refractivity contribution in [3.8, 4) is 0 Å². The first-order valence-corrected chi connectivity index (χ1v) is 7.94. The maximum absolute atomic E-state index is 13.1. The molecule has 0 spiro atoms. The molecule has 1 aromatic carbocycles. The lowest BCUT2D eigenvalue weighted by atomic mass is 10.0. The molecule has 1 unspecified atom stereocenters. The van der Waals surface area contributed by atoms with Gasteiger partial charge in [-0.05, 0) is 57.1 Å². The molecule has 1 atom stereocenters. The van der Waals surface area contributed by atoms with E-state index < -0.39 is 11.7 Å². The summed E-state index contributed by atoms with van der Waals surface area (Å²) in [7, 11) is 1.91. The first-order chi connectivity index (χ1) is 9.88. The molecule has 1 saturated heterocycles. The van der Waals surface area contributed by atoms with E-state index in [-0.39, 0.29) is 0 Å². The summed E-state index contributed by atoms with van der Waals surface area (Å²) in [6.07, 6.45) is -1.23. The zero-order valence-electron chi connectivity index (χ0n) is 12.0. The highest BCUT2D eigenvalue weighted by molar-refractivity contribution is 9.10. The summed E-state index contributed by atoms with van der Waals surface area (Å²) >= 11 is 3.12. The highest BCUT2D eigenvalue weighted by atomic mass is 79.9. The van der Waals surface area contributed by atoms with Gasteiger partial charge in [-0.3, -0.25) is 4.90 Å². The summed E-state index contributed by atoms with van der Waals surface area (Å²) in [6.45, 7) is 2.25. The van der Waals surface area contributed by atoms with Gasteiger partial charge in [0.1, 0.15) is 0 Å². The van der Waals surface area contributed by atoms with Gasteiger partial charge >= 0.3 is 6.18 Å². The van der Waals surface area contributed by atoms with Gasteiger partial charge in [0.2, 0.25) is 0 Å². The van der Waals surface area contributed by atoms with Crippen molar-refractivity contribution in [3.63, 3.8) is 0 Å². The third-order valence-corrected chi connectivity index (χ3v) is 4.46. The van der Waals surface area contributed by atoms with Crippen LogP contribution in [0, 0.1) is 0 Å². The summed E-state index contributed by atoms with van der Waals surface area (Å²) < 4.78 is 39.9. The second kappa shape index (κ2) is 7.11. The van der Waals surface area contributed by atoms with Crippen molar-refractivity contribution in [2.45, 2.75) is 38.0 Å². The van der Waals surface area contributed by atoms with Crippen LogP contribution in [0.5, 0.6) is 0 Å². The number of nitrogens with one attached hydrogen (secondary N) is 1. The molecule has 1 fully saturated rings. The van der Waals surface area contributed by atoms with Crippen LogP contribution in [0.4, 0.5) is 13.2 Å². The van der Waals surface area contributed by atoms with E-state index in [4.69, 9.17) is 0 Å². The summed E-state index contributed by atoms with van der Waals surface area (Å²) in [4.78, 5) is 2.05. The molecule has 1 aromatic rings. The first kappa shape index (κ1) is 16.8. The first-order valence-electron chi connectivity index (χ1n) is 7.14. The van der Waals surface area contributed by atoms with Crippen LogP contribution in [-0.4, -0.2) is 31.1 Å². The van der Waals surface area contributed by atoms with Crippen LogP contribution < -0.4 is 5.32 Å². The minimum atomic E-state index is -4.31. The number of rotatable bonds is 3. The fraction of sp³-hybridized carbons (Fsp3) is 0.600.